The molecule has 10 heavy (non-hydrogen) atoms. The molecule has 2 atom stereocenters. The van der Waals surface area contributed by atoms with E-state index in [0.717, 1.165) is 11.2 Å². The van der Waals surface area contributed by atoms with Gasteiger partial charge in [0.05, 0.1) is 0 Å². The summed E-state index contributed by atoms with van der Waals surface area (Å²) in [5.74, 6) is 2.46. The van der Waals surface area contributed by atoms with Gasteiger partial charge in [0.15, 0.2) is 0 Å². The van der Waals surface area contributed by atoms with Crippen molar-refractivity contribution in [2.24, 2.45) is 5.92 Å². The van der Waals surface area contributed by atoms with Crippen LogP contribution in [0.4, 0.5) is 0 Å². The minimum Gasteiger partial charge on any atom is -0.159 e. The second-order valence-corrected chi connectivity index (χ2v) is 4.61. The highest BCUT2D eigenvalue weighted by atomic mass is 32.2. The molecule has 1 rings (SSSR count). The van der Waals surface area contributed by atoms with Crippen LogP contribution in [0.3, 0.4) is 0 Å². The van der Waals surface area contributed by atoms with Crippen molar-refractivity contribution in [1.29, 1.82) is 0 Å². The third-order valence-corrected chi connectivity index (χ3v) is 3.98. The lowest BCUT2D eigenvalue weighted by Gasteiger charge is -2.26. The highest BCUT2D eigenvalue weighted by molar-refractivity contribution is 7.99. The molecule has 1 aliphatic heterocycles. The van der Waals surface area contributed by atoms with Crippen molar-refractivity contribution >= 4 is 11.8 Å². The molecule has 0 bridgehead atoms. The van der Waals surface area contributed by atoms with E-state index in [1.807, 2.05) is 0 Å². The molecule has 0 saturated carbocycles. The van der Waals surface area contributed by atoms with Gasteiger partial charge in [-0.3, -0.25) is 0 Å². The van der Waals surface area contributed by atoms with Crippen molar-refractivity contribution < 1.29 is 0 Å². The Labute approximate surface area is 68.8 Å². The van der Waals surface area contributed by atoms with E-state index in [1.54, 1.807) is 0 Å². The van der Waals surface area contributed by atoms with Crippen LogP contribution >= 0.6 is 11.8 Å². The van der Waals surface area contributed by atoms with E-state index in [-0.39, 0.29) is 0 Å². The summed E-state index contributed by atoms with van der Waals surface area (Å²) in [6.07, 6.45) is 5.73. The monoisotopic (exact) mass is 158 g/mol. The Morgan fingerprint density at radius 1 is 1.30 bits per heavy atom. The van der Waals surface area contributed by atoms with E-state index < -0.39 is 0 Å². The maximum Gasteiger partial charge on any atom is 0.00470 e. The maximum absolute atomic E-state index is 2.33. The van der Waals surface area contributed by atoms with Crippen LogP contribution in [0.2, 0.25) is 0 Å². The lowest BCUT2D eigenvalue weighted by atomic mass is 9.96. The maximum atomic E-state index is 2.33. The van der Waals surface area contributed by atoms with Crippen LogP contribution in [0.5, 0.6) is 0 Å². The standard InChI is InChI=1S/C9H18S/c1-3-8-5-6-10-9(4-2)7-8/h8-9H,3-7H2,1-2H3. The predicted octanol–water partition coefficient (Wildman–Crippen LogP) is 3.32. The van der Waals surface area contributed by atoms with Crippen LogP contribution in [-0.4, -0.2) is 11.0 Å². The van der Waals surface area contributed by atoms with Crippen molar-refractivity contribution in [3.63, 3.8) is 0 Å². The van der Waals surface area contributed by atoms with Crippen LogP contribution in [0, 0.1) is 5.92 Å². The fraction of sp³-hybridized carbons (Fsp3) is 1.00. The third kappa shape index (κ3) is 2.19. The SMILES string of the molecule is CCC1CCSC(CC)C1. The lowest BCUT2D eigenvalue weighted by Crippen LogP contribution is -2.16. The summed E-state index contributed by atoms with van der Waals surface area (Å²) >= 11 is 2.18. The van der Waals surface area contributed by atoms with Gasteiger partial charge in [-0.25, -0.2) is 0 Å². The van der Waals surface area contributed by atoms with Gasteiger partial charge in [-0.1, -0.05) is 20.3 Å². The summed E-state index contributed by atoms with van der Waals surface area (Å²) in [6, 6.07) is 0. The van der Waals surface area contributed by atoms with E-state index in [4.69, 9.17) is 0 Å². The predicted molar refractivity (Wildman–Crippen MR) is 49.6 cm³/mol. The van der Waals surface area contributed by atoms with Crippen molar-refractivity contribution in [2.75, 3.05) is 5.75 Å². The van der Waals surface area contributed by atoms with Gasteiger partial charge in [0.1, 0.15) is 0 Å². The lowest BCUT2D eigenvalue weighted by molar-refractivity contribution is 0.435. The second kappa shape index (κ2) is 4.27. The first-order chi connectivity index (χ1) is 4.86. The summed E-state index contributed by atoms with van der Waals surface area (Å²) in [5.41, 5.74) is 0. The molecular weight excluding hydrogens is 140 g/mol. The summed E-state index contributed by atoms with van der Waals surface area (Å²) < 4.78 is 0. The molecule has 0 amide bonds. The molecule has 1 heteroatoms. The van der Waals surface area contributed by atoms with Gasteiger partial charge in [0, 0.05) is 5.25 Å². The molecule has 0 radical (unpaired) electrons. The Morgan fingerprint density at radius 3 is 2.70 bits per heavy atom. The van der Waals surface area contributed by atoms with Gasteiger partial charge in [-0.2, -0.15) is 11.8 Å². The zero-order valence-electron chi connectivity index (χ0n) is 7.10. The summed E-state index contributed by atoms with van der Waals surface area (Å²) in [6.45, 7) is 4.64. The number of thioether (sulfide) groups is 1. The van der Waals surface area contributed by atoms with Gasteiger partial charge >= 0.3 is 0 Å². The topological polar surface area (TPSA) is 0 Å². The number of hydrogen-bond acceptors (Lipinski definition) is 1. The summed E-state index contributed by atoms with van der Waals surface area (Å²) in [7, 11) is 0. The smallest absolute Gasteiger partial charge is 0.00470 e. The van der Waals surface area contributed by atoms with Crippen molar-refractivity contribution in [3.05, 3.63) is 0 Å². The van der Waals surface area contributed by atoms with Crippen LogP contribution in [0.25, 0.3) is 0 Å². The van der Waals surface area contributed by atoms with Gasteiger partial charge in [0.2, 0.25) is 0 Å². The largest absolute Gasteiger partial charge is 0.159 e. The summed E-state index contributed by atoms with van der Waals surface area (Å²) in [4.78, 5) is 0. The molecule has 1 saturated heterocycles. The Bertz CT molecular complexity index is 80.7. The Morgan fingerprint density at radius 2 is 2.10 bits per heavy atom. The van der Waals surface area contributed by atoms with Crippen LogP contribution in [0.1, 0.15) is 39.5 Å². The summed E-state index contributed by atoms with van der Waals surface area (Å²) in [5, 5.41) is 0.985. The molecule has 60 valence electrons. The fourth-order valence-electron chi connectivity index (χ4n) is 1.61. The fourth-order valence-corrected chi connectivity index (χ4v) is 3.06. The van der Waals surface area contributed by atoms with Crippen LogP contribution < -0.4 is 0 Å². The molecular formula is C9H18S. The molecule has 1 fully saturated rings. The Hall–Kier alpha value is 0.350. The molecule has 0 spiro atoms. The van der Waals surface area contributed by atoms with Crippen molar-refractivity contribution in [1.82, 2.24) is 0 Å². The first-order valence-electron chi connectivity index (χ1n) is 4.48. The number of rotatable bonds is 2. The van der Waals surface area contributed by atoms with Gasteiger partial charge in [0.25, 0.3) is 0 Å². The second-order valence-electron chi connectivity index (χ2n) is 3.20. The van der Waals surface area contributed by atoms with Gasteiger partial charge in [-0.05, 0) is 30.9 Å². The number of hydrogen-bond donors (Lipinski definition) is 0. The van der Waals surface area contributed by atoms with E-state index in [1.165, 1.54) is 31.4 Å². The quantitative estimate of drug-likeness (QED) is 0.594. The van der Waals surface area contributed by atoms with E-state index in [9.17, 15) is 0 Å². The highest BCUT2D eigenvalue weighted by Crippen LogP contribution is 2.32. The average molecular weight is 158 g/mol. The Kier molecular flexibility index (Phi) is 3.61. The molecule has 0 aromatic heterocycles. The molecule has 2 unspecified atom stereocenters. The van der Waals surface area contributed by atoms with E-state index >= 15 is 0 Å². The minimum absolute atomic E-state index is 0.985. The van der Waals surface area contributed by atoms with E-state index in [0.29, 0.717) is 0 Å². The molecule has 0 aliphatic carbocycles. The molecule has 0 nitrogen and oxygen atoms in total. The average Bonchev–Trinajstić information content (AvgIpc) is 2.05. The highest BCUT2D eigenvalue weighted by Gasteiger charge is 2.18. The normalized spacial score (nSPS) is 34.2. The molecule has 1 heterocycles. The molecule has 0 aromatic rings. The first-order valence-corrected chi connectivity index (χ1v) is 5.53. The van der Waals surface area contributed by atoms with E-state index in [2.05, 4.69) is 25.6 Å². The first kappa shape index (κ1) is 8.45. The van der Waals surface area contributed by atoms with Crippen LogP contribution in [0.15, 0.2) is 0 Å². The third-order valence-electron chi connectivity index (χ3n) is 2.51. The van der Waals surface area contributed by atoms with Gasteiger partial charge < -0.3 is 0 Å². The van der Waals surface area contributed by atoms with Gasteiger partial charge in [-0.15, -0.1) is 0 Å². The minimum atomic E-state index is 0.985. The molecule has 1 aliphatic rings. The zero-order valence-corrected chi connectivity index (χ0v) is 7.91. The van der Waals surface area contributed by atoms with Crippen molar-refractivity contribution in [3.8, 4) is 0 Å². The zero-order chi connectivity index (χ0) is 7.40. The molecule has 0 aromatic carbocycles. The van der Waals surface area contributed by atoms with Crippen molar-refractivity contribution in [2.45, 2.75) is 44.8 Å². The molecule has 0 N–H and O–H groups in total. The Balaban J connectivity index is 2.25. The van der Waals surface area contributed by atoms with Crippen LogP contribution in [-0.2, 0) is 0 Å².